The lowest BCUT2D eigenvalue weighted by molar-refractivity contribution is -0.116. The van der Waals surface area contributed by atoms with Crippen LogP contribution in [0, 0.1) is 0 Å². The van der Waals surface area contributed by atoms with Crippen molar-refractivity contribution < 1.29 is 22.7 Å². The molecule has 190 valence electrons. The summed E-state index contributed by atoms with van der Waals surface area (Å²) in [7, 11) is -3.00. The number of urea groups is 1. The fraction of sp³-hybridized carbons (Fsp3) is 0.200. The maximum absolute atomic E-state index is 13.1. The average Bonchev–Trinajstić information content (AvgIpc) is 3.41. The van der Waals surface area contributed by atoms with Crippen molar-refractivity contribution in [3.05, 3.63) is 88.1 Å². The third kappa shape index (κ3) is 7.61. The minimum atomic E-state index is -4.31. The highest BCUT2D eigenvalue weighted by atomic mass is 32.3. The number of rotatable bonds is 11. The van der Waals surface area contributed by atoms with Gasteiger partial charge in [-0.3, -0.25) is 4.79 Å². The summed E-state index contributed by atoms with van der Waals surface area (Å²) < 4.78 is 32.4. The minimum absolute atomic E-state index is 0.112. The van der Waals surface area contributed by atoms with Crippen LogP contribution in [0.2, 0.25) is 0 Å². The molecule has 0 aliphatic heterocycles. The number of sulfonamides is 1. The molecule has 2 N–H and O–H groups in total. The third-order valence-electron chi connectivity index (χ3n) is 5.05. The van der Waals surface area contributed by atoms with Crippen molar-refractivity contribution in [1.82, 2.24) is 14.3 Å². The Hall–Kier alpha value is -3.28. The highest BCUT2D eigenvalue weighted by Crippen LogP contribution is 2.29. The third-order valence-corrected chi connectivity index (χ3v) is 8.21. The molecule has 2 aromatic carbocycles. The molecular formula is C25H27N3O5S3. The Kier molecular flexibility index (Phi) is 9.97. The van der Waals surface area contributed by atoms with E-state index in [2.05, 4.69) is 23.4 Å². The van der Waals surface area contributed by atoms with Crippen LogP contribution < -0.4 is 15.4 Å². The molecule has 1 aromatic heterocycles. The molecule has 0 unspecified atom stereocenters. The lowest BCUT2D eigenvalue weighted by Crippen LogP contribution is -2.36. The molecule has 3 aromatic rings. The zero-order valence-corrected chi connectivity index (χ0v) is 22.1. The summed E-state index contributed by atoms with van der Waals surface area (Å²) in [6.45, 7) is 0.534. The zero-order chi connectivity index (χ0) is 26.0. The number of nitrogens with zero attached hydrogens (tertiary/aromatic N) is 1. The molecule has 0 fully saturated rings. The first-order chi connectivity index (χ1) is 17.3. The number of carbonyl (C=O) groups excluding carboxylic acids is 2. The summed E-state index contributed by atoms with van der Waals surface area (Å²) in [5, 5.41) is 6.95. The van der Waals surface area contributed by atoms with Gasteiger partial charge >= 0.3 is 6.03 Å². The Morgan fingerprint density at radius 1 is 1.06 bits per heavy atom. The predicted molar refractivity (Wildman–Crippen MR) is 145 cm³/mol. The second-order valence-electron chi connectivity index (χ2n) is 7.56. The highest BCUT2D eigenvalue weighted by molar-refractivity contribution is 8.00. The minimum Gasteiger partial charge on any atom is -0.492 e. The molecule has 0 radical (unpaired) electrons. The second kappa shape index (κ2) is 13.1. The lowest BCUT2D eigenvalue weighted by atomic mass is 10.1. The largest absolute Gasteiger partial charge is 0.492 e. The molecular weight excluding hydrogens is 518 g/mol. The molecule has 0 aliphatic carbocycles. The molecule has 0 bridgehead atoms. The van der Waals surface area contributed by atoms with Crippen molar-refractivity contribution in [1.29, 1.82) is 0 Å². The van der Waals surface area contributed by atoms with Crippen LogP contribution in [-0.2, 0) is 27.7 Å². The van der Waals surface area contributed by atoms with Crippen LogP contribution in [0.4, 0.5) is 4.79 Å². The summed E-state index contributed by atoms with van der Waals surface area (Å²) in [5.74, 6) is -0.140. The summed E-state index contributed by atoms with van der Waals surface area (Å²) in [5.41, 5.74) is 1.69. The fourth-order valence-electron chi connectivity index (χ4n) is 3.18. The van der Waals surface area contributed by atoms with E-state index in [9.17, 15) is 18.0 Å². The molecule has 1 heterocycles. The van der Waals surface area contributed by atoms with Crippen LogP contribution in [0.1, 0.15) is 16.0 Å². The number of amides is 3. The van der Waals surface area contributed by atoms with Crippen LogP contribution in [-0.4, -0.2) is 44.3 Å². The van der Waals surface area contributed by atoms with Gasteiger partial charge in [-0.25, -0.2) is 4.79 Å². The van der Waals surface area contributed by atoms with E-state index < -0.39 is 16.1 Å². The first-order valence-electron chi connectivity index (χ1n) is 11.1. The fourth-order valence-corrected chi connectivity index (χ4v) is 5.34. The highest BCUT2D eigenvalue weighted by Gasteiger charge is 2.30. The van der Waals surface area contributed by atoms with Gasteiger partial charge in [-0.1, -0.05) is 42.5 Å². The number of nitrogens with one attached hydrogen (secondary N) is 2. The SMILES string of the molecule is CNC(=O)N(S)S(=O)(=O)c1cc(CCNC(=O)C=Cc2cccs2)ccc1OCCc1ccccc1. The van der Waals surface area contributed by atoms with E-state index in [0.717, 1.165) is 10.4 Å². The van der Waals surface area contributed by atoms with Crippen molar-refractivity contribution in [2.24, 2.45) is 0 Å². The quantitative estimate of drug-likeness (QED) is 0.250. The molecule has 0 atom stereocenters. The topological polar surface area (TPSA) is 105 Å². The number of hydrogen-bond donors (Lipinski definition) is 3. The maximum Gasteiger partial charge on any atom is 0.341 e. The molecule has 36 heavy (non-hydrogen) atoms. The lowest BCUT2D eigenvalue weighted by Gasteiger charge is -2.19. The first-order valence-corrected chi connectivity index (χ1v) is 13.8. The number of benzene rings is 2. The van der Waals surface area contributed by atoms with Crippen LogP contribution in [0.25, 0.3) is 6.08 Å². The molecule has 0 aliphatic rings. The summed E-state index contributed by atoms with van der Waals surface area (Å²) in [6.07, 6.45) is 4.13. The Morgan fingerprint density at radius 3 is 2.53 bits per heavy atom. The van der Waals surface area contributed by atoms with E-state index in [4.69, 9.17) is 4.74 Å². The molecule has 0 saturated carbocycles. The Balaban J connectivity index is 1.72. The van der Waals surface area contributed by atoms with E-state index in [-0.39, 0.29) is 23.2 Å². The monoisotopic (exact) mass is 545 g/mol. The van der Waals surface area contributed by atoms with Crippen molar-refractivity contribution in [2.45, 2.75) is 17.7 Å². The van der Waals surface area contributed by atoms with E-state index in [0.29, 0.717) is 28.7 Å². The van der Waals surface area contributed by atoms with Gasteiger partial charge in [0, 0.05) is 31.0 Å². The molecule has 8 nitrogen and oxygen atoms in total. The molecule has 3 amide bonds. The Labute approximate surface area is 220 Å². The van der Waals surface area contributed by atoms with E-state index in [1.807, 2.05) is 47.8 Å². The molecule has 0 spiro atoms. The van der Waals surface area contributed by atoms with Gasteiger partial charge in [-0.15, -0.1) is 11.3 Å². The molecule has 3 rings (SSSR count). The van der Waals surface area contributed by atoms with Gasteiger partial charge in [0.1, 0.15) is 10.6 Å². The Morgan fingerprint density at radius 2 is 1.83 bits per heavy atom. The van der Waals surface area contributed by atoms with Gasteiger partial charge in [0.15, 0.2) is 0 Å². The smallest absolute Gasteiger partial charge is 0.341 e. The van der Waals surface area contributed by atoms with E-state index in [1.165, 1.54) is 30.5 Å². The standard InChI is InChI=1S/C25H27N3O5S3/c1-26-25(30)28(34)36(31,32)23-18-20(13-15-27-24(29)12-10-21-8-5-17-35-21)9-11-22(23)33-16-14-19-6-3-2-4-7-19/h2-12,17-18,34H,13-16H2,1H3,(H,26,30)(H,27,29). The Bertz CT molecular complexity index is 1290. The summed E-state index contributed by atoms with van der Waals surface area (Å²) in [6, 6.07) is 17.3. The van der Waals surface area contributed by atoms with Gasteiger partial charge in [0.25, 0.3) is 10.0 Å². The van der Waals surface area contributed by atoms with Gasteiger partial charge in [-0.05, 0) is 60.0 Å². The van der Waals surface area contributed by atoms with Gasteiger partial charge in [0.05, 0.1) is 6.61 Å². The first kappa shape index (κ1) is 27.3. The predicted octanol–water partition coefficient (Wildman–Crippen LogP) is 3.92. The molecule has 0 saturated heterocycles. The number of thiophene rings is 1. The van der Waals surface area contributed by atoms with Crippen molar-refractivity contribution >= 4 is 52.2 Å². The normalized spacial score (nSPS) is 11.3. The van der Waals surface area contributed by atoms with Crippen LogP contribution in [0.3, 0.4) is 0 Å². The number of carbonyl (C=O) groups is 2. The van der Waals surface area contributed by atoms with E-state index >= 15 is 0 Å². The van der Waals surface area contributed by atoms with Crippen LogP contribution in [0.15, 0.2) is 77.0 Å². The number of hydrogen-bond acceptors (Lipinski definition) is 7. The van der Waals surface area contributed by atoms with Gasteiger partial charge in [0.2, 0.25) is 5.91 Å². The zero-order valence-electron chi connectivity index (χ0n) is 19.6. The van der Waals surface area contributed by atoms with E-state index in [1.54, 1.807) is 18.2 Å². The van der Waals surface area contributed by atoms with Crippen LogP contribution >= 0.6 is 24.2 Å². The van der Waals surface area contributed by atoms with Crippen molar-refractivity contribution in [2.75, 3.05) is 20.2 Å². The van der Waals surface area contributed by atoms with Crippen molar-refractivity contribution in [3.8, 4) is 5.75 Å². The molecule has 11 heteroatoms. The van der Waals surface area contributed by atoms with Crippen LogP contribution in [0.5, 0.6) is 5.75 Å². The van der Waals surface area contributed by atoms with Gasteiger partial charge < -0.3 is 15.4 Å². The number of ether oxygens (including phenoxy) is 1. The van der Waals surface area contributed by atoms with Crippen molar-refractivity contribution in [3.63, 3.8) is 0 Å². The van der Waals surface area contributed by atoms with Gasteiger partial charge in [-0.2, -0.15) is 12.1 Å². The average molecular weight is 546 g/mol. The number of thiol groups is 1. The second-order valence-corrected chi connectivity index (χ2v) is 11.0. The summed E-state index contributed by atoms with van der Waals surface area (Å²) in [4.78, 5) is 24.8. The maximum atomic E-state index is 13.1. The summed E-state index contributed by atoms with van der Waals surface area (Å²) >= 11 is 5.41.